The van der Waals surface area contributed by atoms with Crippen molar-refractivity contribution >= 4 is 11.9 Å². The van der Waals surface area contributed by atoms with Crippen LogP contribution < -0.4 is 0 Å². The van der Waals surface area contributed by atoms with Crippen LogP contribution in [0.4, 0.5) is 0 Å². The molecule has 0 radical (unpaired) electrons. The molecule has 3 unspecified atom stereocenters. The molecule has 0 aromatic heterocycles. The van der Waals surface area contributed by atoms with Gasteiger partial charge >= 0.3 is 11.9 Å². The van der Waals surface area contributed by atoms with E-state index >= 15 is 0 Å². The van der Waals surface area contributed by atoms with Gasteiger partial charge in [0.25, 0.3) is 0 Å². The van der Waals surface area contributed by atoms with Gasteiger partial charge in [-0.05, 0) is 101 Å². The topological polar surface area (TPSA) is 91.3 Å². The summed E-state index contributed by atoms with van der Waals surface area (Å²) in [4.78, 5) is 25.6. The van der Waals surface area contributed by atoms with Crippen LogP contribution in [-0.2, 0) is 28.5 Å². The van der Waals surface area contributed by atoms with E-state index in [1.807, 2.05) is 6.92 Å². The standard InChI is InChI=1S/C30H44O7/c1-15-13-30(37-26(15,3)4)28(6)24-22(35-30)12-20-19-8-7-17-11-18(34-16(2)31)9-10-27(17,5)23(19)21(32)14-29(20,24)25(33)36-28/h15,17-24,32H,7-14H2,1-6H3/t15-,17?,18+,19-,20?,21-,22-,23?,24+,27-,28+,29+,30-/m0/s1. The lowest BCUT2D eigenvalue weighted by Gasteiger charge is -2.61. The van der Waals surface area contributed by atoms with Crippen molar-refractivity contribution in [1.82, 2.24) is 0 Å². The number of esters is 2. The second-order valence-corrected chi connectivity index (χ2v) is 14.8. The SMILES string of the molecule is CC(=O)O[C@@H]1CC[C@@]2(C)C(CC[C@@H]3C2[C@@H](O)C[C@]24C(=O)O[C@]5(C)[C@H]2[C@H](CC34)O[C@]52C[C@H](C)C(C)(C)O2)C1. The fraction of sp³-hybridized carbons (Fsp3) is 0.933. The fourth-order valence-corrected chi connectivity index (χ4v) is 11.3. The summed E-state index contributed by atoms with van der Waals surface area (Å²) < 4.78 is 25.6. The molecule has 3 saturated heterocycles. The Morgan fingerprint density at radius 3 is 2.51 bits per heavy atom. The molecule has 4 saturated carbocycles. The van der Waals surface area contributed by atoms with Crippen LogP contribution in [0.15, 0.2) is 0 Å². The summed E-state index contributed by atoms with van der Waals surface area (Å²) in [6.45, 7) is 12.3. The Kier molecular flexibility index (Phi) is 4.91. The van der Waals surface area contributed by atoms with Gasteiger partial charge in [0, 0.05) is 19.3 Å². The first kappa shape index (κ1) is 24.8. The molecule has 2 spiro atoms. The van der Waals surface area contributed by atoms with Gasteiger partial charge in [-0.3, -0.25) is 9.59 Å². The lowest BCUT2D eigenvalue weighted by atomic mass is 9.43. The van der Waals surface area contributed by atoms with Gasteiger partial charge in [0.05, 0.1) is 23.2 Å². The molecule has 0 bridgehead atoms. The highest BCUT2D eigenvalue weighted by molar-refractivity contribution is 5.83. The van der Waals surface area contributed by atoms with Crippen LogP contribution in [0.25, 0.3) is 0 Å². The minimum Gasteiger partial charge on any atom is -0.463 e. The van der Waals surface area contributed by atoms with Crippen molar-refractivity contribution in [1.29, 1.82) is 0 Å². The van der Waals surface area contributed by atoms with E-state index < -0.39 is 22.9 Å². The zero-order chi connectivity index (χ0) is 26.3. The van der Waals surface area contributed by atoms with E-state index in [2.05, 4.69) is 27.7 Å². The Morgan fingerprint density at radius 2 is 1.84 bits per heavy atom. The second kappa shape index (κ2) is 7.31. The van der Waals surface area contributed by atoms with Crippen LogP contribution >= 0.6 is 0 Å². The van der Waals surface area contributed by atoms with Gasteiger partial charge in [0.1, 0.15) is 6.10 Å². The minimum absolute atomic E-state index is 0.0137. The highest BCUT2D eigenvalue weighted by Crippen LogP contribution is 2.76. The van der Waals surface area contributed by atoms with E-state index in [-0.39, 0.29) is 64.8 Å². The second-order valence-electron chi connectivity index (χ2n) is 14.8. The first-order valence-corrected chi connectivity index (χ1v) is 14.7. The molecule has 7 heteroatoms. The molecule has 3 aliphatic heterocycles. The number of aliphatic hydroxyl groups is 1. The molecule has 13 atom stereocenters. The average molecular weight is 517 g/mol. The van der Waals surface area contributed by atoms with Gasteiger partial charge in [-0.2, -0.15) is 0 Å². The Bertz CT molecular complexity index is 1040. The normalized spacial score (nSPS) is 58.9. The Hall–Kier alpha value is -1.18. The van der Waals surface area contributed by atoms with Crippen LogP contribution in [0.2, 0.25) is 0 Å². The number of aliphatic hydroxyl groups excluding tert-OH is 1. The van der Waals surface area contributed by atoms with Gasteiger partial charge < -0.3 is 24.1 Å². The van der Waals surface area contributed by atoms with Gasteiger partial charge in [0.15, 0.2) is 5.60 Å². The summed E-state index contributed by atoms with van der Waals surface area (Å²) >= 11 is 0. The molecule has 206 valence electrons. The maximum absolute atomic E-state index is 14.0. The van der Waals surface area contributed by atoms with Crippen LogP contribution in [0.1, 0.15) is 92.9 Å². The Labute approximate surface area is 220 Å². The zero-order valence-electron chi connectivity index (χ0n) is 23.2. The van der Waals surface area contributed by atoms with E-state index in [1.54, 1.807) is 0 Å². The average Bonchev–Trinajstić information content (AvgIpc) is 3.39. The Morgan fingerprint density at radius 1 is 1.08 bits per heavy atom. The van der Waals surface area contributed by atoms with Crippen molar-refractivity contribution in [2.75, 3.05) is 0 Å². The van der Waals surface area contributed by atoms with Crippen molar-refractivity contribution in [2.24, 2.45) is 46.3 Å². The summed E-state index contributed by atoms with van der Waals surface area (Å²) in [5.41, 5.74) is -1.89. The lowest BCUT2D eigenvalue weighted by molar-refractivity contribution is -0.291. The third-order valence-electron chi connectivity index (χ3n) is 13.0. The van der Waals surface area contributed by atoms with Crippen molar-refractivity contribution in [2.45, 2.75) is 128 Å². The number of rotatable bonds is 1. The van der Waals surface area contributed by atoms with E-state index in [9.17, 15) is 14.7 Å². The van der Waals surface area contributed by atoms with E-state index in [4.69, 9.17) is 18.9 Å². The smallest absolute Gasteiger partial charge is 0.313 e. The lowest BCUT2D eigenvalue weighted by Crippen LogP contribution is -2.61. The van der Waals surface area contributed by atoms with Gasteiger partial charge in [-0.25, -0.2) is 0 Å². The molecule has 7 nitrogen and oxygen atoms in total. The molecule has 0 aromatic carbocycles. The summed E-state index contributed by atoms with van der Waals surface area (Å²) in [7, 11) is 0. The maximum Gasteiger partial charge on any atom is 0.313 e. The molecule has 4 aliphatic carbocycles. The maximum atomic E-state index is 14.0. The number of carbonyl (C=O) groups is 2. The molecule has 0 amide bonds. The highest BCUT2D eigenvalue weighted by Gasteiger charge is 2.85. The number of ether oxygens (including phenoxy) is 4. The van der Waals surface area contributed by atoms with Crippen LogP contribution in [0.3, 0.4) is 0 Å². The van der Waals surface area contributed by atoms with Crippen molar-refractivity contribution in [3.8, 4) is 0 Å². The molecule has 3 heterocycles. The number of fused-ring (bicyclic) bond motifs is 5. The molecule has 37 heavy (non-hydrogen) atoms. The number of carbonyl (C=O) groups excluding carboxylic acids is 2. The molecule has 0 aromatic rings. The molecule has 7 aliphatic rings. The van der Waals surface area contributed by atoms with Crippen LogP contribution in [0, 0.1) is 46.3 Å². The predicted octanol–water partition coefficient (Wildman–Crippen LogP) is 4.38. The largest absolute Gasteiger partial charge is 0.463 e. The molecule has 7 fully saturated rings. The van der Waals surface area contributed by atoms with Crippen molar-refractivity contribution in [3.63, 3.8) is 0 Å². The van der Waals surface area contributed by atoms with Crippen molar-refractivity contribution in [3.05, 3.63) is 0 Å². The number of hydrogen-bond donors (Lipinski definition) is 1. The molecule has 7 rings (SSSR count). The van der Waals surface area contributed by atoms with Crippen molar-refractivity contribution < 1.29 is 33.6 Å². The third-order valence-corrected chi connectivity index (χ3v) is 13.0. The summed E-state index contributed by atoms with van der Waals surface area (Å²) in [5.74, 6) is -0.0263. The zero-order valence-corrected chi connectivity index (χ0v) is 23.2. The van der Waals surface area contributed by atoms with Crippen LogP contribution in [0.5, 0.6) is 0 Å². The molecular weight excluding hydrogens is 472 g/mol. The fourth-order valence-electron chi connectivity index (χ4n) is 11.3. The summed E-state index contributed by atoms with van der Waals surface area (Å²) in [5, 5.41) is 11.9. The number of hydrogen-bond acceptors (Lipinski definition) is 7. The first-order chi connectivity index (χ1) is 17.3. The monoisotopic (exact) mass is 516 g/mol. The Balaban J connectivity index is 1.22. The van der Waals surface area contributed by atoms with Gasteiger partial charge in [0.2, 0.25) is 5.79 Å². The quantitative estimate of drug-likeness (QED) is 0.517. The van der Waals surface area contributed by atoms with Crippen LogP contribution in [-0.4, -0.2) is 52.3 Å². The first-order valence-electron chi connectivity index (χ1n) is 14.7. The molecular formula is C30H44O7. The molecule has 1 N–H and O–H groups in total. The van der Waals surface area contributed by atoms with Gasteiger partial charge in [-0.15, -0.1) is 0 Å². The minimum atomic E-state index is -0.907. The van der Waals surface area contributed by atoms with E-state index in [1.165, 1.54) is 6.92 Å². The highest BCUT2D eigenvalue weighted by atomic mass is 16.8. The predicted molar refractivity (Wildman–Crippen MR) is 133 cm³/mol. The summed E-state index contributed by atoms with van der Waals surface area (Å²) in [6.07, 6.45) is 6.10. The van der Waals surface area contributed by atoms with E-state index in [0.29, 0.717) is 12.3 Å². The van der Waals surface area contributed by atoms with Gasteiger partial charge in [-0.1, -0.05) is 13.8 Å². The van der Waals surface area contributed by atoms with E-state index in [0.717, 1.165) is 44.9 Å². The summed E-state index contributed by atoms with van der Waals surface area (Å²) in [6, 6.07) is 0. The third kappa shape index (κ3) is 2.84.